The zero-order valence-corrected chi connectivity index (χ0v) is 7.87. The molecule has 0 saturated carbocycles. The summed E-state index contributed by atoms with van der Waals surface area (Å²) < 4.78 is 4.65. The highest BCUT2D eigenvalue weighted by molar-refractivity contribution is 5.99. The summed E-state index contributed by atoms with van der Waals surface area (Å²) in [5.41, 5.74) is 3.70. The van der Waals surface area contributed by atoms with E-state index in [4.69, 9.17) is 10.8 Å². The molecule has 0 spiro atoms. The first-order valence-corrected chi connectivity index (χ1v) is 4.15. The van der Waals surface area contributed by atoms with Gasteiger partial charge >= 0.3 is 11.9 Å². The van der Waals surface area contributed by atoms with Gasteiger partial charge in [-0.05, 0) is 13.3 Å². The maximum absolute atomic E-state index is 11.3. The van der Waals surface area contributed by atoms with Gasteiger partial charge in [0.15, 0.2) is 5.41 Å². The fourth-order valence-corrected chi connectivity index (χ4v) is 0.967. The minimum Gasteiger partial charge on any atom is -0.480 e. The van der Waals surface area contributed by atoms with Crippen molar-refractivity contribution in [2.75, 3.05) is 13.2 Å². The van der Waals surface area contributed by atoms with Gasteiger partial charge in [-0.25, -0.2) is 0 Å². The van der Waals surface area contributed by atoms with Crippen LogP contribution in [-0.2, 0) is 14.3 Å². The molecular formula is C8H15NO4. The van der Waals surface area contributed by atoms with Crippen molar-refractivity contribution in [3.05, 3.63) is 0 Å². The summed E-state index contributed by atoms with van der Waals surface area (Å²) in [6, 6.07) is 0. The van der Waals surface area contributed by atoms with Crippen LogP contribution in [0.25, 0.3) is 0 Å². The maximum Gasteiger partial charge on any atom is 0.324 e. The molecule has 5 heteroatoms. The van der Waals surface area contributed by atoms with Crippen molar-refractivity contribution in [2.45, 2.75) is 20.3 Å². The van der Waals surface area contributed by atoms with Crippen molar-refractivity contribution in [3.8, 4) is 0 Å². The van der Waals surface area contributed by atoms with E-state index in [9.17, 15) is 9.59 Å². The van der Waals surface area contributed by atoms with E-state index >= 15 is 0 Å². The van der Waals surface area contributed by atoms with Gasteiger partial charge in [0.25, 0.3) is 0 Å². The lowest BCUT2D eigenvalue weighted by molar-refractivity contribution is -0.168. The van der Waals surface area contributed by atoms with Crippen molar-refractivity contribution in [1.29, 1.82) is 0 Å². The Morgan fingerprint density at radius 3 is 2.23 bits per heavy atom. The van der Waals surface area contributed by atoms with Gasteiger partial charge in [0.05, 0.1) is 6.61 Å². The summed E-state index contributed by atoms with van der Waals surface area (Å²) in [4.78, 5) is 22.1. The molecule has 0 heterocycles. The minimum atomic E-state index is -1.57. The van der Waals surface area contributed by atoms with Crippen LogP contribution in [-0.4, -0.2) is 30.2 Å². The van der Waals surface area contributed by atoms with Crippen LogP contribution in [0.5, 0.6) is 0 Å². The molecule has 0 aliphatic heterocycles. The number of rotatable bonds is 5. The number of hydrogen-bond acceptors (Lipinski definition) is 4. The Morgan fingerprint density at radius 2 is 2.00 bits per heavy atom. The summed E-state index contributed by atoms with van der Waals surface area (Å²) in [5.74, 6) is -1.98. The molecule has 0 amide bonds. The van der Waals surface area contributed by atoms with Gasteiger partial charge in [-0.1, -0.05) is 6.92 Å². The molecule has 0 saturated heterocycles. The quantitative estimate of drug-likeness (QED) is 0.469. The summed E-state index contributed by atoms with van der Waals surface area (Å²) in [6.45, 7) is 3.14. The number of hydrogen-bond donors (Lipinski definition) is 2. The number of carboxylic acid groups (broad SMARTS) is 1. The van der Waals surface area contributed by atoms with Gasteiger partial charge in [-0.2, -0.15) is 0 Å². The number of carbonyl (C=O) groups is 2. The number of carbonyl (C=O) groups excluding carboxylic acids is 1. The van der Waals surface area contributed by atoms with Gasteiger partial charge in [0, 0.05) is 6.54 Å². The molecular weight excluding hydrogens is 174 g/mol. The molecule has 0 aromatic rings. The second-order valence-corrected chi connectivity index (χ2v) is 2.67. The Labute approximate surface area is 76.9 Å². The van der Waals surface area contributed by atoms with Crippen LogP contribution in [0.4, 0.5) is 0 Å². The second-order valence-electron chi connectivity index (χ2n) is 2.67. The van der Waals surface area contributed by atoms with Gasteiger partial charge in [0.2, 0.25) is 0 Å². The molecule has 1 atom stereocenters. The predicted octanol–water partition coefficient (Wildman–Crippen LogP) is -0.0108. The highest BCUT2D eigenvalue weighted by atomic mass is 16.5. The second kappa shape index (κ2) is 4.81. The SMILES string of the molecule is CCOC(=O)C(CC)(CN)C(=O)O. The maximum atomic E-state index is 11.3. The van der Waals surface area contributed by atoms with Crippen molar-refractivity contribution in [3.63, 3.8) is 0 Å². The van der Waals surface area contributed by atoms with E-state index < -0.39 is 17.4 Å². The lowest BCUT2D eigenvalue weighted by Crippen LogP contribution is -2.46. The van der Waals surface area contributed by atoms with E-state index in [0.717, 1.165) is 0 Å². The number of ether oxygens (including phenoxy) is 1. The molecule has 5 nitrogen and oxygen atoms in total. The Morgan fingerprint density at radius 1 is 1.46 bits per heavy atom. The number of nitrogens with two attached hydrogens (primary N) is 1. The number of carboxylic acids is 1. The third-order valence-electron chi connectivity index (χ3n) is 2.03. The molecule has 0 fully saturated rings. The average molecular weight is 189 g/mol. The Bertz CT molecular complexity index is 198. The molecule has 0 aliphatic rings. The molecule has 1 unspecified atom stereocenters. The van der Waals surface area contributed by atoms with E-state index in [1.54, 1.807) is 13.8 Å². The molecule has 3 N–H and O–H groups in total. The van der Waals surface area contributed by atoms with E-state index in [-0.39, 0.29) is 19.6 Å². The normalized spacial score (nSPS) is 14.7. The molecule has 0 aromatic carbocycles. The fraction of sp³-hybridized carbons (Fsp3) is 0.750. The summed E-state index contributed by atoms with van der Waals surface area (Å²) in [7, 11) is 0. The van der Waals surface area contributed by atoms with Gasteiger partial charge in [-0.3, -0.25) is 9.59 Å². The topological polar surface area (TPSA) is 89.6 Å². The third-order valence-corrected chi connectivity index (χ3v) is 2.03. The molecule has 0 bridgehead atoms. The van der Waals surface area contributed by atoms with Crippen LogP contribution >= 0.6 is 0 Å². The van der Waals surface area contributed by atoms with Crippen molar-refractivity contribution >= 4 is 11.9 Å². The van der Waals surface area contributed by atoms with Crippen molar-refractivity contribution in [2.24, 2.45) is 11.1 Å². The molecule has 0 aliphatic carbocycles. The minimum absolute atomic E-state index is 0.137. The first kappa shape index (κ1) is 11.9. The standard InChI is InChI=1S/C8H15NO4/c1-3-8(5-9,6(10)11)7(12)13-4-2/h3-5,9H2,1-2H3,(H,10,11). The largest absolute Gasteiger partial charge is 0.480 e. The van der Waals surface area contributed by atoms with Crippen LogP contribution < -0.4 is 5.73 Å². The third kappa shape index (κ3) is 2.18. The highest BCUT2D eigenvalue weighted by Crippen LogP contribution is 2.22. The van der Waals surface area contributed by atoms with E-state index in [0.29, 0.717) is 0 Å². The van der Waals surface area contributed by atoms with E-state index in [2.05, 4.69) is 4.74 Å². The lowest BCUT2D eigenvalue weighted by atomic mass is 9.85. The first-order chi connectivity index (χ1) is 6.05. The van der Waals surface area contributed by atoms with Crippen LogP contribution in [0.1, 0.15) is 20.3 Å². The van der Waals surface area contributed by atoms with Crippen LogP contribution in [0.2, 0.25) is 0 Å². The van der Waals surface area contributed by atoms with E-state index in [1.807, 2.05) is 0 Å². The fourth-order valence-electron chi connectivity index (χ4n) is 0.967. The number of aliphatic carboxylic acids is 1. The van der Waals surface area contributed by atoms with Crippen molar-refractivity contribution in [1.82, 2.24) is 0 Å². The predicted molar refractivity (Wildman–Crippen MR) is 46.0 cm³/mol. The highest BCUT2D eigenvalue weighted by Gasteiger charge is 2.44. The van der Waals surface area contributed by atoms with Gasteiger partial charge < -0.3 is 15.6 Å². The molecule has 13 heavy (non-hydrogen) atoms. The van der Waals surface area contributed by atoms with Crippen LogP contribution in [0, 0.1) is 5.41 Å². The van der Waals surface area contributed by atoms with Gasteiger partial charge in [-0.15, -0.1) is 0 Å². The monoisotopic (exact) mass is 189 g/mol. The Kier molecular flexibility index (Phi) is 4.40. The van der Waals surface area contributed by atoms with Crippen LogP contribution in [0.3, 0.4) is 0 Å². The van der Waals surface area contributed by atoms with Gasteiger partial charge in [0.1, 0.15) is 0 Å². The molecule has 0 aromatic heterocycles. The van der Waals surface area contributed by atoms with E-state index in [1.165, 1.54) is 0 Å². The lowest BCUT2D eigenvalue weighted by Gasteiger charge is -2.23. The average Bonchev–Trinajstić information content (AvgIpc) is 2.07. The van der Waals surface area contributed by atoms with Crippen LogP contribution in [0.15, 0.2) is 0 Å². The first-order valence-electron chi connectivity index (χ1n) is 4.15. The molecule has 0 radical (unpaired) electrons. The summed E-state index contributed by atoms with van der Waals surface area (Å²) in [5, 5.41) is 8.84. The van der Waals surface area contributed by atoms with Crippen molar-refractivity contribution < 1.29 is 19.4 Å². The summed E-state index contributed by atoms with van der Waals surface area (Å²) >= 11 is 0. The zero-order chi connectivity index (χ0) is 10.5. The Balaban J connectivity index is 4.75. The Hall–Kier alpha value is -1.10. The summed E-state index contributed by atoms with van der Waals surface area (Å²) in [6.07, 6.45) is 0.137. The zero-order valence-electron chi connectivity index (χ0n) is 7.87. The number of esters is 1. The molecule has 0 rings (SSSR count). The molecule has 76 valence electrons. The smallest absolute Gasteiger partial charge is 0.324 e.